The van der Waals surface area contributed by atoms with Crippen molar-refractivity contribution in [2.45, 2.75) is 37.0 Å². The number of benzene rings is 3. The highest BCUT2D eigenvalue weighted by atomic mass is 32.2. The molecule has 0 radical (unpaired) electrons. The number of rotatable bonds is 10. The molecular formula is C25H27NO2S. The summed E-state index contributed by atoms with van der Waals surface area (Å²) in [6.45, 7) is 3.39. The Morgan fingerprint density at radius 3 is 2.38 bits per heavy atom. The third-order valence-corrected chi connectivity index (χ3v) is 5.89. The molecule has 3 aromatic rings. The van der Waals surface area contributed by atoms with Crippen molar-refractivity contribution in [2.24, 2.45) is 0 Å². The summed E-state index contributed by atoms with van der Waals surface area (Å²) in [5.41, 5.74) is 6.49. The van der Waals surface area contributed by atoms with Crippen molar-refractivity contribution in [1.29, 1.82) is 0 Å². The highest BCUT2D eigenvalue weighted by molar-refractivity contribution is 7.98. The van der Waals surface area contributed by atoms with Crippen LogP contribution < -0.4 is 5.32 Å². The van der Waals surface area contributed by atoms with E-state index in [1.807, 2.05) is 11.8 Å². The molecule has 0 saturated carbocycles. The van der Waals surface area contributed by atoms with E-state index in [4.69, 9.17) is 5.11 Å². The largest absolute Gasteiger partial charge is 0.481 e. The lowest BCUT2D eigenvalue weighted by Gasteiger charge is -2.11. The molecule has 0 amide bonds. The lowest BCUT2D eigenvalue weighted by molar-refractivity contribution is -0.136. The van der Waals surface area contributed by atoms with Gasteiger partial charge in [0.05, 0.1) is 6.42 Å². The van der Waals surface area contributed by atoms with Gasteiger partial charge >= 0.3 is 5.97 Å². The van der Waals surface area contributed by atoms with E-state index in [1.165, 1.54) is 32.7 Å². The Balaban J connectivity index is 1.56. The fourth-order valence-electron chi connectivity index (χ4n) is 3.23. The van der Waals surface area contributed by atoms with Gasteiger partial charge in [-0.25, -0.2) is 0 Å². The predicted molar refractivity (Wildman–Crippen MR) is 121 cm³/mol. The summed E-state index contributed by atoms with van der Waals surface area (Å²) in [6, 6.07) is 25.8. The maximum Gasteiger partial charge on any atom is 0.304 e. The number of hydrogen-bond donors (Lipinski definition) is 2. The van der Waals surface area contributed by atoms with Crippen LogP contribution in [0.25, 0.3) is 11.1 Å². The Labute approximate surface area is 177 Å². The zero-order valence-corrected chi connectivity index (χ0v) is 17.5. The van der Waals surface area contributed by atoms with Crippen LogP contribution in [0.5, 0.6) is 0 Å². The van der Waals surface area contributed by atoms with Gasteiger partial charge in [-0.1, -0.05) is 67.6 Å². The van der Waals surface area contributed by atoms with E-state index < -0.39 is 5.97 Å². The van der Waals surface area contributed by atoms with Crippen LogP contribution in [0.15, 0.2) is 77.7 Å². The fraction of sp³-hybridized carbons (Fsp3) is 0.240. The molecule has 0 spiro atoms. The monoisotopic (exact) mass is 405 g/mol. The minimum atomic E-state index is -0.771. The molecule has 3 rings (SSSR count). The van der Waals surface area contributed by atoms with E-state index in [1.54, 1.807) is 0 Å². The molecular weight excluding hydrogens is 378 g/mol. The van der Waals surface area contributed by atoms with Crippen LogP contribution in [-0.2, 0) is 23.5 Å². The van der Waals surface area contributed by atoms with Gasteiger partial charge in [-0.3, -0.25) is 4.79 Å². The first-order valence-electron chi connectivity index (χ1n) is 9.97. The van der Waals surface area contributed by atoms with Crippen LogP contribution in [0.4, 0.5) is 0 Å². The smallest absolute Gasteiger partial charge is 0.304 e. The topological polar surface area (TPSA) is 49.3 Å². The van der Waals surface area contributed by atoms with Crippen LogP contribution in [0.3, 0.4) is 0 Å². The summed E-state index contributed by atoms with van der Waals surface area (Å²) in [4.78, 5) is 11.8. The van der Waals surface area contributed by atoms with Gasteiger partial charge in [0.2, 0.25) is 0 Å². The molecule has 0 aliphatic carbocycles. The SMILES string of the molecule is CCc1cc(CSc2ccc(CNCCC(=O)O)cc2)ccc1-c1ccccc1. The molecule has 0 aliphatic rings. The minimum Gasteiger partial charge on any atom is -0.481 e. The summed E-state index contributed by atoms with van der Waals surface area (Å²) in [5.74, 6) is 0.172. The van der Waals surface area contributed by atoms with Crippen molar-refractivity contribution < 1.29 is 9.90 Å². The highest BCUT2D eigenvalue weighted by Crippen LogP contribution is 2.28. The van der Waals surface area contributed by atoms with E-state index in [0.717, 1.165) is 12.2 Å². The zero-order chi connectivity index (χ0) is 20.5. The zero-order valence-electron chi connectivity index (χ0n) is 16.7. The molecule has 0 unspecified atom stereocenters. The van der Waals surface area contributed by atoms with Crippen LogP contribution >= 0.6 is 11.8 Å². The van der Waals surface area contributed by atoms with Crippen LogP contribution in [0.1, 0.15) is 30.0 Å². The Hall–Kier alpha value is -2.56. The number of nitrogens with one attached hydrogen (secondary N) is 1. The van der Waals surface area contributed by atoms with Crippen molar-refractivity contribution >= 4 is 17.7 Å². The third-order valence-electron chi connectivity index (χ3n) is 4.81. The first-order chi connectivity index (χ1) is 14.2. The molecule has 150 valence electrons. The normalized spacial score (nSPS) is 10.8. The summed E-state index contributed by atoms with van der Waals surface area (Å²) < 4.78 is 0. The van der Waals surface area contributed by atoms with Crippen molar-refractivity contribution in [2.75, 3.05) is 6.54 Å². The first-order valence-corrected chi connectivity index (χ1v) is 11.0. The van der Waals surface area contributed by atoms with E-state index in [2.05, 4.69) is 85.0 Å². The van der Waals surface area contributed by atoms with Crippen LogP contribution in [-0.4, -0.2) is 17.6 Å². The van der Waals surface area contributed by atoms with Gasteiger partial charge in [0, 0.05) is 23.7 Å². The molecule has 0 heterocycles. The lowest BCUT2D eigenvalue weighted by Crippen LogP contribution is -2.17. The maximum absolute atomic E-state index is 10.5. The van der Waals surface area contributed by atoms with Crippen molar-refractivity contribution in [1.82, 2.24) is 5.32 Å². The molecule has 29 heavy (non-hydrogen) atoms. The molecule has 0 fully saturated rings. The van der Waals surface area contributed by atoms with Gasteiger partial charge < -0.3 is 10.4 Å². The van der Waals surface area contributed by atoms with Gasteiger partial charge in [-0.05, 0) is 46.4 Å². The number of hydrogen-bond acceptors (Lipinski definition) is 3. The standard InChI is InChI=1S/C25H27NO2S/c1-2-21-16-20(10-13-24(21)22-6-4-3-5-7-22)18-29-23-11-8-19(9-12-23)17-26-15-14-25(27)28/h3-13,16,26H,2,14-15,17-18H2,1H3,(H,27,28). The van der Waals surface area contributed by atoms with Gasteiger partial charge in [0.15, 0.2) is 0 Å². The van der Waals surface area contributed by atoms with Crippen molar-refractivity contribution in [3.63, 3.8) is 0 Å². The predicted octanol–water partition coefficient (Wildman–Crippen LogP) is 5.77. The summed E-state index contributed by atoms with van der Waals surface area (Å²) >= 11 is 1.84. The average Bonchev–Trinajstić information content (AvgIpc) is 2.76. The Bertz CT molecular complexity index is 923. The Morgan fingerprint density at radius 2 is 1.69 bits per heavy atom. The van der Waals surface area contributed by atoms with Crippen LogP contribution in [0, 0.1) is 0 Å². The maximum atomic E-state index is 10.5. The molecule has 0 atom stereocenters. The minimum absolute atomic E-state index is 0.150. The average molecular weight is 406 g/mol. The van der Waals surface area contributed by atoms with Crippen molar-refractivity contribution in [3.8, 4) is 11.1 Å². The number of aliphatic carboxylic acids is 1. The molecule has 3 aromatic carbocycles. The Morgan fingerprint density at radius 1 is 0.966 bits per heavy atom. The molecule has 0 bridgehead atoms. The molecule has 2 N–H and O–H groups in total. The highest BCUT2D eigenvalue weighted by Gasteiger charge is 2.06. The second-order valence-electron chi connectivity index (χ2n) is 6.96. The lowest BCUT2D eigenvalue weighted by atomic mass is 9.96. The fourth-order valence-corrected chi connectivity index (χ4v) is 4.07. The second-order valence-corrected chi connectivity index (χ2v) is 8.01. The number of carboxylic acid groups (broad SMARTS) is 1. The summed E-state index contributed by atoms with van der Waals surface area (Å²) in [5, 5.41) is 11.8. The number of carbonyl (C=O) groups is 1. The number of carboxylic acids is 1. The Kier molecular flexibility index (Phi) is 7.91. The van der Waals surface area contributed by atoms with E-state index in [9.17, 15) is 4.79 Å². The van der Waals surface area contributed by atoms with Crippen LogP contribution in [0.2, 0.25) is 0 Å². The first kappa shape index (κ1) is 21.2. The summed E-state index contributed by atoms with van der Waals surface area (Å²) in [6.07, 6.45) is 1.17. The summed E-state index contributed by atoms with van der Waals surface area (Å²) in [7, 11) is 0. The van der Waals surface area contributed by atoms with E-state index in [0.29, 0.717) is 13.1 Å². The van der Waals surface area contributed by atoms with Gasteiger partial charge in [0.1, 0.15) is 0 Å². The third kappa shape index (κ3) is 6.48. The van der Waals surface area contributed by atoms with E-state index >= 15 is 0 Å². The van der Waals surface area contributed by atoms with Crippen molar-refractivity contribution in [3.05, 3.63) is 89.5 Å². The quantitative estimate of drug-likeness (QED) is 0.332. The number of aryl methyl sites for hydroxylation is 1. The molecule has 4 heteroatoms. The van der Waals surface area contributed by atoms with Gasteiger partial charge in [-0.2, -0.15) is 0 Å². The molecule has 0 saturated heterocycles. The number of thioether (sulfide) groups is 1. The van der Waals surface area contributed by atoms with E-state index in [-0.39, 0.29) is 6.42 Å². The second kappa shape index (κ2) is 10.8. The molecule has 3 nitrogen and oxygen atoms in total. The van der Waals surface area contributed by atoms with Gasteiger partial charge in [-0.15, -0.1) is 11.8 Å². The molecule has 0 aromatic heterocycles. The molecule has 0 aliphatic heterocycles. The van der Waals surface area contributed by atoms with Gasteiger partial charge in [0.25, 0.3) is 0 Å².